The molecule has 0 aliphatic rings. The van der Waals surface area contributed by atoms with E-state index in [1.54, 1.807) is 7.11 Å². The smallest absolute Gasteiger partial charge is 0.122 e. The van der Waals surface area contributed by atoms with E-state index in [1.165, 1.54) is 5.56 Å². The van der Waals surface area contributed by atoms with Crippen LogP contribution in [-0.2, 0) is 6.42 Å². The van der Waals surface area contributed by atoms with Crippen molar-refractivity contribution in [3.63, 3.8) is 0 Å². The summed E-state index contributed by atoms with van der Waals surface area (Å²) in [6.45, 7) is 4.98. The Morgan fingerprint density at radius 1 is 1.28 bits per heavy atom. The molecule has 0 atom stereocenters. The Labute approximate surface area is 108 Å². The molecule has 2 N–H and O–H groups in total. The van der Waals surface area contributed by atoms with Crippen LogP contribution in [-0.4, -0.2) is 18.6 Å². The normalized spacial score (nSPS) is 11.8. The fourth-order valence-electron chi connectivity index (χ4n) is 2.12. The topological polar surface area (TPSA) is 48.1 Å². The Balaban J connectivity index is 2.58. The molecule has 0 saturated heterocycles. The zero-order valence-electron chi connectivity index (χ0n) is 11.2. The van der Waals surface area contributed by atoms with Gasteiger partial charge in [-0.25, -0.2) is 0 Å². The first-order chi connectivity index (χ1) is 8.57. The van der Waals surface area contributed by atoms with Crippen LogP contribution in [0.1, 0.15) is 19.4 Å². The van der Waals surface area contributed by atoms with Gasteiger partial charge in [-0.1, -0.05) is 19.9 Å². The quantitative estimate of drug-likeness (QED) is 0.899. The number of methoxy groups -OCH3 is 1. The third-order valence-electron chi connectivity index (χ3n) is 3.28. The molecule has 2 aromatic rings. The average molecular weight is 244 g/mol. The summed E-state index contributed by atoms with van der Waals surface area (Å²) in [5.74, 6) is 0.914. The van der Waals surface area contributed by atoms with Gasteiger partial charge >= 0.3 is 0 Å². The highest BCUT2D eigenvalue weighted by molar-refractivity contribution is 5.84. The van der Waals surface area contributed by atoms with Gasteiger partial charge in [0.25, 0.3) is 0 Å². The molecule has 0 fully saturated rings. The number of hydrogen-bond donors (Lipinski definition) is 1. The lowest BCUT2D eigenvalue weighted by atomic mass is 9.84. The van der Waals surface area contributed by atoms with Crippen LogP contribution in [0.4, 0.5) is 0 Å². The van der Waals surface area contributed by atoms with E-state index in [9.17, 15) is 0 Å². The molecule has 0 bridgehead atoms. The van der Waals surface area contributed by atoms with E-state index in [4.69, 9.17) is 10.5 Å². The maximum absolute atomic E-state index is 5.83. The molecule has 0 spiro atoms. The highest BCUT2D eigenvalue weighted by Crippen LogP contribution is 2.32. The SMILES string of the molecule is COc1ccc2ncccc2c1CC(C)(C)CN. The predicted molar refractivity (Wildman–Crippen MR) is 74.8 cm³/mol. The molecule has 18 heavy (non-hydrogen) atoms. The minimum absolute atomic E-state index is 0.0530. The van der Waals surface area contributed by atoms with Crippen molar-refractivity contribution >= 4 is 10.9 Å². The van der Waals surface area contributed by atoms with Gasteiger partial charge in [-0.05, 0) is 36.6 Å². The van der Waals surface area contributed by atoms with E-state index in [2.05, 4.69) is 24.9 Å². The number of benzene rings is 1. The number of hydrogen-bond acceptors (Lipinski definition) is 3. The van der Waals surface area contributed by atoms with Crippen LogP contribution in [0, 0.1) is 5.41 Å². The van der Waals surface area contributed by atoms with E-state index >= 15 is 0 Å². The zero-order valence-corrected chi connectivity index (χ0v) is 11.2. The van der Waals surface area contributed by atoms with Crippen molar-refractivity contribution in [2.75, 3.05) is 13.7 Å². The van der Waals surface area contributed by atoms with Gasteiger partial charge in [-0.15, -0.1) is 0 Å². The van der Waals surface area contributed by atoms with Crippen molar-refractivity contribution < 1.29 is 4.74 Å². The van der Waals surface area contributed by atoms with Crippen LogP contribution in [0.3, 0.4) is 0 Å². The second-order valence-electron chi connectivity index (χ2n) is 5.36. The van der Waals surface area contributed by atoms with Crippen molar-refractivity contribution in [1.29, 1.82) is 0 Å². The van der Waals surface area contributed by atoms with Gasteiger partial charge in [0.15, 0.2) is 0 Å². The summed E-state index contributed by atoms with van der Waals surface area (Å²) in [7, 11) is 1.70. The average Bonchev–Trinajstić information content (AvgIpc) is 2.39. The minimum Gasteiger partial charge on any atom is -0.496 e. The molecule has 1 aromatic carbocycles. The van der Waals surface area contributed by atoms with Crippen molar-refractivity contribution in [1.82, 2.24) is 4.98 Å². The second-order valence-corrected chi connectivity index (χ2v) is 5.36. The number of nitrogens with zero attached hydrogens (tertiary/aromatic N) is 1. The summed E-state index contributed by atoms with van der Waals surface area (Å²) >= 11 is 0. The summed E-state index contributed by atoms with van der Waals surface area (Å²) in [5, 5.41) is 1.15. The largest absolute Gasteiger partial charge is 0.496 e. The number of rotatable bonds is 4. The maximum atomic E-state index is 5.83. The van der Waals surface area contributed by atoms with E-state index in [1.807, 2.05) is 24.4 Å². The van der Waals surface area contributed by atoms with Crippen molar-refractivity contribution in [2.45, 2.75) is 20.3 Å². The molecule has 1 heterocycles. The van der Waals surface area contributed by atoms with Gasteiger partial charge in [-0.3, -0.25) is 4.98 Å². The molecule has 0 unspecified atom stereocenters. The molecule has 3 heteroatoms. The van der Waals surface area contributed by atoms with Gasteiger partial charge in [0, 0.05) is 17.1 Å². The third-order valence-corrected chi connectivity index (χ3v) is 3.28. The highest BCUT2D eigenvalue weighted by Gasteiger charge is 2.20. The van der Waals surface area contributed by atoms with E-state index in [-0.39, 0.29) is 5.41 Å². The van der Waals surface area contributed by atoms with Gasteiger partial charge in [0.2, 0.25) is 0 Å². The molecule has 2 rings (SSSR count). The molecule has 0 amide bonds. The number of aromatic nitrogens is 1. The first kappa shape index (κ1) is 12.8. The molecule has 0 aliphatic carbocycles. The van der Waals surface area contributed by atoms with Crippen LogP contribution in [0.5, 0.6) is 5.75 Å². The summed E-state index contributed by atoms with van der Waals surface area (Å²) in [6.07, 6.45) is 2.70. The lowest BCUT2D eigenvalue weighted by molar-refractivity contribution is 0.360. The Morgan fingerprint density at radius 3 is 2.72 bits per heavy atom. The van der Waals surface area contributed by atoms with Gasteiger partial charge in [-0.2, -0.15) is 0 Å². The Kier molecular flexibility index (Phi) is 3.53. The summed E-state index contributed by atoms with van der Waals surface area (Å²) < 4.78 is 5.48. The van der Waals surface area contributed by atoms with Gasteiger partial charge in [0.1, 0.15) is 5.75 Å². The number of ether oxygens (including phenoxy) is 1. The molecule has 1 aromatic heterocycles. The molecule has 0 radical (unpaired) electrons. The lowest BCUT2D eigenvalue weighted by Gasteiger charge is -2.24. The third kappa shape index (κ3) is 2.46. The second kappa shape index (κ2) is 4.94. The minimum atomic E-state index is 0.0530. The standard InChI is InChI=1S/C15H20N2O/c1-15(2,10-16)9-12-11-5-4-8-17-13(11)6-7-14(12)18-3/h4-8H,9-10,16H2,1-3H3. The Morgan fingerprint density at radius 2 is 2.06 bits per heavy atom. The van der Waals surface area contributed by atoms with E-state index in [0.717, 1.165) is 23.1 Å². The zero-order chi connectivity index (χ0) is 13.2. The summed E-state index contributed by atoms with van der Waals surface area (Å²) in [5.41, 5.74) is 8.08. The highest BCUT2D eigenvalue weighted by atomic mass is 16.5. The molecular formula is C15H20N2O. The monoisotopic (exact) mass is 244 g/mol. The lowest BCUT2D eigenvalue weighted by Crippen LogP contribution is -2.26. The number of pyridine rings is 1. The van der Waals surface area contributed by atoms with Crippen LogP contribution in [0.2, 0.25) is 0 Å². The maximum Gasteiger partial charge on any atom is 0.122 e. The first-order valence-electron chi connectivity index (χ1n) is 6.18. The van der Waals surface area contributed by atoms with E-state index in [0.29, 0.717) is 6.54 Å². The number of nitrogens with two attached hydrogens (primary N) is 1. The van der Waals surface area contributed by atoms with Crippen LogP contribution >= 0.6 is 0 Å². The Bertz CT molecular complexity index is 549. The Hall–Kier alpha value is -1.61. The van der Waals surface area contributed by atoms with Gasteiger partial charge in [0.05, 0.1) is 12.6 Å². The summed E-state index contributed by atoms with van der Waals surface area (Å²) in [6, 6.07) is 8.03. The van der Waals surface area contributed by atoms with Crippen molar-refractivity contribution in [2.24, 2.45) is 11.1 Å². The van der Waals surface area contributed by atoms with Crippen LogP contribution in [0.25, 0.3) is 10.9 Å². The number of fused-ring (bicyclic) bond motifs is 1. The molecule has 0 aliphatic heterocycles. The molecule has 3 nitrogen and oxygen atoms in total. The van der Waals surface area contributed by atoms with Crippen molar-refractivity contribution in [3.8, 4) is 5.75 Å². The molecule has 0 saturated carbocycles. The summed E-state index contributed by atoms with van der Waals surface area (Å²) in [4.78, 5) is 4.39. The van der Waals surface area contributed by atoms with Crippen LogP contribution in [0.15, 0.2) is 30.5 Å². The first-order valence-corrected chi connectivity index (χ1v) is 6.18. The fraction of sp³-hybridized carbons (Fsp3) is 0.400. The predicted octanol–water partition coefficient (Wildman–Crippen LogP) is 2.77. The molecule has 96 valence electrons. The van der Waals surface area contributed by atoms with Crippen LogP contribution < -0.4 is 10.5 Å². The fourth-order valence-corrected chi connectivity index (χ4v) is 2.12. The van der Waals surface area contributed by atoms with Crippen molar-refractivity contribution in [3.05, 3.63) is 36.0 Å². The van der Waals surface area contributed by atoms with E-state index < -0.39 is 0 Å². The van der Waals surface area contributed by atoms with Gasteiger partial charge < -0.3 is 10.5 Å². The molecular weight excluding hydrogens is 224 g/mol.